The van der Waals surface area contributed by atoms with Crippen LogP contribution in [0, 0.1) is 11.8 Å². The van der Waals surface area contributed by atoms with Crippen molar-refractivity contribution >= 4 is 39.5 Å². The van der Waals surface area contributed by atoms with Crippen LogP contribution >= 0.6 is 15.6 Å². The molecule has 3 N–H and O–H groups in total. The molecule has 0 heterocycles. The number of carbonyl (C=O) groups is 4. The number of phosphoric acid groups is 2. The summed E-state index contributed by atoms with van der Waals surface area (Å²) < 4.78 is 68.3. The Morgan fingerprint density at radius 1 is 0.355 bits per heavy atom. The predicted molar refractivity (Wildman–Crippen MR) is 377 cm³/mol. The van der Waals surface area contributed by atoms with E-state index in [0.717, 1.165) is 127 Å². The number of phosphoric ester groups is 2. The first-order valence-electron chi connectivity index (χ1n) is 37.8. The second kappa shape index (κ2) is 65.5. The highest BCUT2D eigenvalue weighted by Crippen LogP contribution is 2.45. The minimum Gasteiger partial charge on any atom is -0.462 e. The fourth-order valence-corrected chi connectivity index (χ4v) is 12.3. The molecular weight excluding hydrogens is 1220 g/mol. The highest BCUT2D eigenvalue weighted by molar-refractivity contribution is 7.47. The largest absolute Gasteiger partial charge is 0.472 e. The zero-order valence-electron chi connectivity index (χ0n) is 60.0. The molecule has 0 saturated heterocycles. The van der Waals surface area contributed by atoms with E-state index in [0.29, 0.717) is 25.7 Å². The lowest BCUT2D eigenvalue weighted by atomic mass is 9.99. The second-order valence-corrected chi connectivity index (χ2v) is 29.6. The normalized spacial score (nSPS) is 14.5. The van der Waals surface area contributed by atoms with Gasteiger partial charge in [-0.1, -0.05) is 303 Å². The summed E-state index contributed by atoms with van der Waals surface area (Å²) in [6.45, 7) is 9.52. The zero-order valence-corrected chi connectivity index (χ0v) is 61.8. The van der Waals surface area contributed by atoms with Gasteiger partial charge in [0.15, 0.2) is 12.2 Å². The van der Waals surface area contributed by atoms with Crippen molar-refractivity contribution in [2.24, 2.45) is 11.8 Å². The summed E-state index contributed by atoms with van der Waals surface area (Å²) in [5.74, 6) is -0.565. The quantitative estimate of drug-likeness (QED) is 0.0169. The molecule has 548 valence electrons. The molecule has 19 heteroatoms. The number of aliphatic hydroxyl groups excluding tert-OH is 1. The van der Waals surface area contributed by atoms with Gasteiger partial charge in [0.1, 0.15) is 19.3 Å². The topological polar surface area (TPSA) is 237 Å². The molecule has 0 amide bonds. The first-order chi connectivity index (χ1) is 44.9. The zero-order chi connectivity index (χ0) is 68.6. The maximum absolute atomic E-state index is 13.1. The van der Waals surface area contributed by atoms with Gasteiger partial charge in [-0.2, -0.15) is 0 Å². The molecule has 0 aliphatic rings. The lowest BCUT2D eigenvalue weighted by Crippen LogP contribution is -2.30. The average Bonchev–Trinajstić information content (AvgIpc) is 3.15. The number of esters is 4. The minimum absolute atomic E-state index is 0.100. The molecule has 0 aromatic carbocycles. The monoisotopic (exact) mass is 1360 g/mol. The summed E-state index contributed by atoms with van der Waals surface area (Å²) in [5.41, 5.74) is 0. The molecule has 0 radical (unpaired) electrons. The van der Waals surface area contributed by atoms with Gasteiger partial charge in [0.05, 0.1) is 26.4 Å². The SMILES string of the molecule is CCCCCC/C=C\C=C/CCCCCCCC(=O)OC[C@H](COP(=O)(O)OC[C@@H](O)COP(=O)(O)OC[C@@H](COC(=O)CCCCCCCCCC)OC(=O)CCCCCCCCCCCCC(C)CC)OC(=O)CCCCCCCCCCCCCCCC(C)C. The predicted octanol–water partition coefficient (Wildman–Crippen LogP) is 21.1. The molecule has 6 atom stereocenters. The van der Waals surface area contributed by atoms with Crippen LogP contribution in [-0.4, -0.2) is 96.7 Å². The number of carbonyl (C=O) groups excluding carboxylic acids is 4. The summed E-state index contributed by atoms with van der Waals surface area (Å²) >= 11 is 0. The van der Waals surface area contributed by atoms with Crippen LogP contribution in [-0.2, 0) is 65.4 Å². The Balaban J connectivity index is 5.27. The summed E-state index contributed by atoms with van der Waals surface area (Å²) in [7, 11) is -9.92. The third kappa shape index (κ3) is 66.6. The van der Waals surface area contributed by atoms with E-state index in [4.69, 9.17) is 37.0 Å². The molecule has 93 heavy (non-hydrogen) atoms. The lowest BCUT2D eigenvalue weighted by molar-refractivity contribution is -0.161. The van der Waals surface area contributed by atoms with Gasteiger partial charge in [-0.3, -0.25) is 37.3 Å². The van der Waals surface area contributed by atoms with Crippen molar-refractivity contribution in [1.29, 1.82) is 0 Å². The molecule has 0 aliphatic carbocycles. The molecule has 0 spiro atoms. The Kier molecular flexibility index (Phi) is 63.7. The van der Waals surface area contributed by atoms with Gasteiger partial charge in [-0.15, -0.1) is 0 Å². The van der Waals surface area contributed by atoms with E-state index >= 15 is 0 Å². The Bertz CT molecular complexity index is 1900. The molecular formula is C74H140O17P2. The van der Waals surface area contributed by atoms with E-state index in [9.17, 15) is 43.2 Å². The Morgan fingerprint density at radius 2 is 0.634 bits per heavy atom. The van der Waals surface area contributed by atoms with Crippen LogP contribution in [0.3, 0.4) is 0 Å². The highest BCUT2D eigenvalue weighted by atomic mass is 31.2. The number of hydrogen-bond donors (Lipinski definition) is 3. The number of unbranched alkanes of at least 4 members (excludes halogenated alkanes) is 37. The molecule has 0 aromatic heterocycles. The van der Waals surface area contributed by atoms with Gasteiger partial charge in [0.25, 0.3) is 0 Å². The smallest absolute Gasteiger partial charge is 0.462 e. The van der Waals surface area contributed by atoms with Crippen LogP contribution in [0.25, 0.3) is 0 Å². The first-order valence-corrected chi connectivity index (χ1v) is 40.8. The third-order valence-corrected chi connectivity index (χ3v) is 18.8. The van der Waals surface area contributed by atoms with E-state index in [-0.39, 0.29) is 25.7 Å². The van der Waals surface area contributed by atoms with E-state index in [2.05, 4.69) is 65.8 Å². The van der Waals surface area contributed by atoms with E-state index in [1.807, 2.05) is 0 Å². The van der Waals surface area contributed by atoms with Gasteiger partial charge < -0.3 is 33.8 Å². The molecule has 0 rings (SSSR count). The summed E-state index contributed by atoms with van der Waals surface area (Å²) in [4.78, 5) is 72.6. The van der Waals surface area contributed by atoms with Crippen molar-refractivity contribution in [2.45, 2.75) is 374 Å². The molecule has 0 aliphatic heterocycles. The molecule has 0 saturated carbocycles. The Morgan fingerprint density at radius 3 is 0.968 bits per heavy atom. The Hall–Kier alpha value is -2.46. The minimum atomic E-state index is -4.96. The van der Waals surface area contributed by atoms with Crippen molar-refractivity contribution in [3.05, 3.63) is 24.3 Å². The second-order valence-electron chi connectivity index (χ2n) is 26.7. The number of hydrogen-bond acceptors (Lipinski definition) is 15. The van der Waals surface area contributed by atoms with Gasteiger partial charge >= 0.3 is 39.5 Å². The van der Waals surface area contributed by atoms with Crippen LogP contribution in [0.1, 0.15) is 356 Å². The van der Waals surface area contributed by atoms with Crippen LogP contribution in [0.4, 0.5) is 0 Å². The fourth-order valence-electron chi connectivity index (χ4n) is 10.7. The van der Waals surface area contributed by atoms with Crippen LogP contribution in [0.5, 0.6) is 0 Å². The van der Waals surface area contributed by atoms with Gasteiger partial charge in [-0.05, 0) is 63.2 Å². The first kappa shape index (κ1) is 90.5. The Labute approximate surface area is 567 Å². The van der Waals surface area contributed by atoms with Crippen molar-refractivity contribution in [3.8, 4) is 0 Å². The number of rotatable bonds is 71. The van der Waals surface area contributed by atoms with Gasteiger partial charge in [0, 0.05) is 25.7 Å². The lowest BCUT2D eigenvalue weighted by Gasteiger charge is -2.21. The average molecular weight is 1360 g/mol. The summed E-state index contributed by atoms with van der Waals surface area (Å²) in [6, 6.07) is 0. The van der Waals surface area contributed by atoms with Crippen LogP contribution in [0.15, 0.2) is 24.3 Å². The van der Waals surface area contributed by atoms with Crippen molar-refractivity contribution in [2.75, 3.05) is 39.6 Å². The van der Waals surface area contributed by atoms with Crippen molar-refractivity contribution < 1.29 is 80.2 Å². The molecule has 0 fully saturated rings. The number of ether oxygens (including phenoxy) is 4. The maximum Gasteiger partial charge on any atom is 0.472 e. The molecule has 17 nitrogen and oxygen atoms in total. The van der Waals surface area contributed by atoms with E-state index in [1.54, 1.807) is 0 Å². The third-order valence-electron chi connectivity index (χ3n) is 16.9. The van der Waals surface area contributed by atoms with Gasteiger partial charge in [-0.25, -0.2) is 9.13 Å². The number of aliphatic hydroxyl groups is 1. The standard InChI is InChI=1S/C74H140O17P2/c1-7-10-12-14-16-18-19-20-21-24-27-33-39-45-51-57-72(77)85-63-70(91-73(78)58-52-46-40-34-28-25-22-23-26-31-36-42-48-54-66(4)5)65-89-93(82,83)87-61-68(75)60-86-92(80,81)88-64-69(62-84-71(76)56-50-44-38-17-15-13-11-8-2)90-74(79)59-53-47-41-35-30-29-32-37-43-49-55-67(6)9-3/h18-21,66-70,75H,7-17,22-65H2,1-6H3,(H,80,81)(H,82,83)/b19-18-,21-20-/t67?,68-,69+,70+/m0/s1. The van der Waals surface area contributed by atoms with Crippen molar-refractivity contribution in [3.63, 3.8) is 0 Å². The van der Waals surface area contributed by atoms with E-state index < -0.39 is 97.5 Å². The molecule has 0 aromatic rings. The van der Waals surface area contributed by atoms with Crippen LogP contribution in [0.2, 0.25) is 0 Å². The maximum atomic E-state index is 13.1. The molecule has 3 unspecified atom stereocenters. The summed E-state index contributed by atoms with van der Waals surface area (Å²) in [5, 5.41) is 10.6. The number of allylic oxidation sites excluding steroid dienone is 4. The highest BCUT2D eigenvalue weighted by Gasteiger charge is 2.30. The van der Waals surface area contributed by atoms with Crippen LogP contribution < -0.4 is 0 Å². The van der Waals surface area contributed by atoms with E-state index in [1.165, 1.54) is 148 Å². The van der Waals surface area contributed by atoms with Gasteiger partial charge in [0.2, 0.25) is 0 Å². The summed E-state index contributed by atoms with van der Waals surface area (Å²) in [6.07, 6.45) is 54.8. The molecule has 0 bridgehead atoms. The fraction of sp³-hybridized carbons (Fsp3) is 0.892. The van der Waals surface area contributed by atoms with Crippen molar-refractivity contribution in [1.82, 2.24) is 0 Å².